The molecule has 70 valence electrons. The standard InChI is InChI=1S/C6H10O6/c7-2-1-5(8)11-3-4-12-6(9)10/h7H,1-4H2,(H,9,10). The van der Waals surface area contributed by atoms with Gasteiger partial charge < -0.3 is 19.7 Å². The maximum atomic E-state index is 10.5. The molecule has 0 heterocycles. The number of carbonyl (C=O) groups excluding carboxylic acids is 1. The summed E-state index contributed by atoms with van der Waals surface area (Å²) in [5.41, 5.74) is 0. The number of hydrogen-bond donors (Lipinski definition) is 2. The molecule has 0 saturated carbocycles. The van der Waals surface area contributed by atoms with Crippen LogP contribution in [0.3, 0.4) is 0 Å². The molecule has 0 fully saturated rings. The highest BCUT2D eigenvalue weighted by Gasteiger charge is 2.01. The summed E-state index contributed by atoms with van der Waals surface area (Å²) in [6.45, 7) is -0.587. The summed E-state index contributed by atoms with van der Waals surface area (Å²) in [5.74, 6) is -0.577. The third-order valence-electron chi connectivity index (χ3n) is 0.888. The van der Waals surface area contributed by atoms with Crippen LogP contribution in [0.5, 0.6) is 0 Å². The number of carboxylic acid groups (broad SMARTS) is 1. The third-order valence-corrected chi connectivity index (χ3v) is 0.888. The van der Waals surface area contributed by atoms with Crippen LogP contribution in [0.2, 0.25) is 0 Å². The summed E-state index contributed by atoms with van der Waals surface area (Å²) in [7, 11) is 0. The first-order chi connectivity index (χ1) is 5.66. The van der Waals surface area contributed by atoms with Crippen molar-refractivity contribution in [1.29, 1.82) is 0 Å². The first-order valence-corrected chi connectivity index (χ1v) is 3.29. The Balaban J connectivity index is 3.19. The minimum atomic E-state index is -1.41. The van der Waals surface area contributed by atoms with Crippen molar-refractivity contribution in [2.45, 2.75) is 6.42 Å². The molecule has 0 rings (SSSR count). The van der Waals surface area contributed by atoms with Crippen molar-refractivity contribution in [3.05, 3.63) is 0 Å². The maximum absolute atomic E-state index is 10.5. The zero-order valence-corrected chi connectivity index (χ0v) is 6.36. The molecule has 0 aliphatic heterocycles. The van der Waals surface area contributed by atoms with Gasteiger partial charge in [-0.2, -0.15) is 0 Å². The monoisotopic (exact) mass is 178 g/mol. The van der Waals surface area contributed by atoms with E-state index in [0.717, 1.165) is 0 Å². The molecule has 2 N–H and O–H groups in total. The van der Waals surface area contributed by atoms with Crippen molar-refractivity contribution in [3.8, 4) is 0 Å². The minimum absolute atomic E-state index is 0.0902. The predicted octanol–water partition coefficient (Wildman–Crippen LogP) is -0.393. The molecule has 0 aromatic heterocycles. The third kappa shape index (κ3) is 6.81. The van der Waals surface area contributed by atoms with Crippen LogP contribution in [0.15, 0.2) is 0 Å². The van der Waals surface area contributed by atoms with Crippen molar-refractivity contribution < 1.29 is 29.3 Å². The molecule has 0 atom stereocenters. The summed E-state index contributed by atoms with van der Waals surface area (Å²) in [5, 5.41) is 16.2. The normalized spacial score (nSPS) is 9.08. The first-order valence-electron chi connectivity index (χ1n) is 3.29. The van der Waals surface area contributed by atoms with Gasteiger partial charge in [0.2, 0.25) is 0 Å². The van der Waals surface area contributed by atoms with Crippen molar-refractivity contribution >= 4 is 12.1 Å². The van der Waals surface area contributed by atoms with Gasteiger partial charge in [-0.15, -0.1) is 0 Å². The Morgan fingerprint density at radius 1 is 1.17 bits per heavy atom. The molecule has 0 aromatic rings. The Morgan fingerprint density at radius 3 is 2.25 bits per heavy atom. The Kier molecular flexibility index (Phi) is 5.72. The molecule has 0 aliphatic carbocycles. The number of hydrogen-bond acceptors (Lipinski definition) is 5. The fourth-order valence-electron chi connectivity index (χ4n) is 0.448. The number of esters is 1. The molecule has 0 radical (unpaired) electrons. The Hall–Kier alpha value is -1.30. The average molecular weight is 178 g/mol. The lowest BCUT2D eigenvalue weighted by Crippen LogP contribution is -2.13. The molecule has 0 aromatic carbocycles. The average Bonchev–Trinajstić information content (AvgIpc) is 1.98. The molecule has 0 bridgehead atoms. The summed E-state index contributed by atoms with van der Waals surface area (Å²) < 4.78 is 8.49. The van der Waals surface area contributed by atoms with E-state index >= 15 is 0 Å². The van der Waals surface area contributed by atoms with Crippen LogP contribution in [0.4, 0.5) is 4.79 Å². The predicted molar refractivity (Wildman–Crippen MR) is 36.6 cm³/mol. The highest BCUT2D eigenvalue weighted by Crippen LogP contribution is 1.85. The van der Waals surface area contributed by atoms with Crippen LogP contribution in [0.25, 0.3) is 0 Å². The van der Waals surface area contributed by atoms with Gasteiger partial charge in [0.15, 0.2) is 0 Å². The van der Waals surface area contributed by atoms with E-state index in [0.29, 0.717) is 0 Å². The zero-order valence-electron chi connectivity index (χ0n) is 6.36. The fraction of sp³-hybridized carbons (Fsp3) is 0.667. The second-order valence-electron chi connectivity index (χ2n) is 1.81. The molecule has 6 heteroatoms. The molecule has 0 aliphatic rings. The maximum Gasteiger partial charge on any atom is 0.505 e. The summed E-state index contributed by atoms with van der Waals surface area (Å²) in [6, 6.07) is 0. The van der Waals surface area contributed by atoms with Crippen LogP contribution in [-0.2, 0) is 14.3 Å². The molecular weight excluding hydrogens is 168 g/mol. The van der Waals surface area contributed by atoms with E-state index in [2.05, 4.69) is 9.47 Å². The smallest absolute Gasteiger partial charge is 0.462 e. The largest absolute Gasteiger partial charge is 0.505 e. The van der Waals surface area contributed by atoms with Gasteiger partial charge >= 0.3 is 12.1 Å². The zero-order chi connectivity index (χ0) is 9.40. The van der Waals surface area contributed by atoms with E-state index in [1.54, 1.807) is 0 Å². The topological polar surface area (TPSA) is 93.1 Å². The van der Waals surface area contributed by atoms with Gasteiger partial charge in [-0.05, 0) is 0 Å². The molecule has 0 saturated heterocycles. The van der Waals surface area contributed by atoms with Crippen molar-refractivity contribution in [3.63, 3.8) is 0 Å². The molecule has 0 spiro atoms. The van der Waals surface area contributed by atoms with E-state index in [1.807, 2.05) is 0 Å². The Labute approximate surface area is 68.7 Å². The minimum Gasteiger partial charge on any atom is -0.462 e. The van der Waals surface area contributed by atoms with Crippen LogP contribution in [0, 0.1) is 0 Å². The van der Waals surface area contributed by atoms with E-state index in [1.165, 1.54) is 0 Å². The highest BCUT2D eigenvalue weighted by atomic mass is 16.7. The van der Waals surface area contributed by atoms with Gasteiger partial charge in [0, 0.05) is 0 Å². The number of rotatable bonds is 5. The molecule has 6 nitrogen and oxygen atoms in total. The lowest BCUT2D eigenvalue weighted by molar-refractivity contribution is -0.145. The quantitative estimate of drug-likeness (QED) is 0.439. The van der Waals surface area contributed by atoms with Gasteiger partial charge in [0.25, 0.3) is 0 Å². The first kappa shape index (κ1) is 10.7. The fourth-order valence-corrected chi connectivity index (χ4v) is 0.448. The van der Waals surface area contributed by atoms with Crippen LogP contribution in [0.1, 0.15) is 6.42 Å². The number of carbonyl (C=O) groups is 2. The van der Waals surface area contributed by atoms with Gasteiger partial charge in [-0.3, -0.25) is 4.79 Å². The lowest BCUT2D eigenvalue weighted by Gasteiger charge is -2.02. The van der Waals surface area contributed by atoms with Gasteiger partial charge in [-0.1, -0.05) is 0 Å². The lowest BCUT2D eigenvalue weighted by atomic mass is 10.5. The van der Waals surface area contributed by atoms with Crippen molar-refractivity contribution in [1.82, 2.24) is 0 Å². The molecule has 12 heavy (non-hydrogen) atoms. The molecular formula is C6H10O6. The Bertz CT molecular complexity index is 154. The van der Waals surface area contributed by atoms with Gasteiger partial charge in [0.05, 0.1) is 13.0 Å². The van der Waals surface area contributed by atoms with E-state index in [-0.39, 0.29) is 26.2 Å². The Morgan fingerprint density at radius 2 is 1.75 bits per heavy atom. The van der Waals surface area contributed by atoms with Gasteiger partial charge in [-0.25, -0.2) is 4.79 Å². The van der Waals surface area contributed by atoms with Crippen LogP contribution >= 0.6 is 0 Å². The number of aliphatic hydroxyl groups excluding tert-OH is 1. The molecule has 0 unspecified atom stereocenters. The summed E-state index contributed by atoms with van der Waals surface area (Å²) in [4.78, 5) is 20.3. The van der Waals surface area contributed by atoms with Crippen LogP contribution in [-0.4, -0.2) is 42.2 Å². The van der Waals surface area contributed by atoms with E-state index in [9.17, 15) is 9.59 Å². The molecule has 0 amide bonds. The summed E-state index contributed by atoms with van der Waals surface area (Å²) in [6.07, 6.45) is -1.50. The number of ether oxygens (including phenoxy) is 2. The van der Waals surface area contributed by atoms with Gasteiger partial charge in [0.1, 0.15) is 13.2 Å². The second kappa shape index (κ2) is 6.41. The highest BCUT2D eigenvalue weighted by molar-refractivity contribution is 5.69. The van der Waals surface area contributed by atoms with E-state index < -0.39 is 12.1 Å². The van der Waals surface area contributed by atoms with Crippen molar-refractivity contribution in [2.75, 3.05) is 19.8 Å². The summed E-state index contributed by atoms with van der Waals surface area (Å²) >= 11 is 0. The second-order valence-corrected chi connectivity index (χ2v) is 1.81. The van der Waals surface area contributed by atoms with Crippen LogP contribution < -0.4 is 0 Å². The van der Waals surface area contributed by atoms with E-state index in [4.69, 9.17) is 10.2 Å². The SMILES string of the molecule is O=C(O)OCCOC(=O)CCO. The van der Waals surface area contributed by atoms with Crippen molar-refractivity contribution in [2.24, 2.45) is 0 Å². The number of aliphatic hydroxyl groups is 1.